The molecule has 0 aliphatic carbocycles. The lowest BCUT2D eigenvalue weighted by molar-refractivity contribution is -0.139. The molecule has 0 amide bonds. The molecule has 33 heavy (non-hydrogen) atoms. The molecule has 0 radical (unpaired) electrons. The average molecular weight is 471 g/mol. The third kappa shape index (κ3) is 10.5. The summed E-state index contributed by atoms with van der Waals surface area (Å²) in [4.78, 5) is 46.3. The fourth-order valence-electron chi connectivity index (χ4n) is 2.38. The first-order valence-corrected chi connectivity index (χ1v) is 9.85. The second kappa shape index (κ2) is 12.5. The highest BCUT2D eigenvalue weighted by molar-refractivity contribution is 5.74. The summed E-state index contributed by atoms with van der Waals surface area (Å²) < 4.78 is 28.9. The summed E-state index contributed by atoms with van der Waals surface area (Å²) in [7, 11) is 2.20. The van der Waals surface area contributed by atoms with Crippen LogP contribution < -0.4 is 14.8 Å². The van der Waals surface area contributed by atoms with Gasteiger partial charge in [0.15, 0.2) is 11.5 Å². The molecule has 0 aromatic heterocycles. The van der Waals surface area contributed by atoms with Gasteiger partial charge in [0, 0.05) is 6.54 Å². The van der Waals surface area contributed by atoms with E-state index in [0.717, 1.165) is 14.2 Å². The molecule has 2 atom stereocenters. The molecular weight excluding hydrogens is 442 g/mol. The number of hydrogen-bond acceptors (Lipinski definition) is 11. The van der Waals surface area contributed by atoms with Crippen molar-refractivity contribution in [3.8, 4) is 11.5 Å². The molecule has 0 bridgehead atoms. The maximum Gasteiger partial charge on any atom is 0.513 e. The van der Waals surface area contributed by atoms with Crippen LogP contribution in [0.15, 0.2) is 18.2 Å². The molecule has 1 aromatic carbocycles. The van der Waals surface area contributed by atoms with Crippen LogP contribution in [-0.4, -0.2) is 68.1 Å². The van der Waals surface area contributed by atoms with Crippen LogP contribution in [0.4, 0.5) is 14.4 Å². The number of carboxylic acid groups (broad SMARTS) is 1. The van der Waals surface area contributed by atoms with Crippen molar-refractivity contribution in [1.82, 2.24) is 5.32 Å². The number of carbonyl (C=O) groups is 4. The van der Waals surface area contributed by atoms with Crippen molar-refractivity contribution in [2.24, 2.45) is 0 Å². The predicted octanol–water partition coefficient (Wildman–Crippen LogP) is 2.90. The lowest BCUT2D eigenvalue weighted by atomic mass is 10.0. The molecular formula is C21H29NO11. The first kappa shape index (κ1) is 27.5. The van der Waals surface area contributed by atoms with Crippen molar-refractivity contribution in [3.05, 3.63) is 23.8 Å². The largest absolute Gasteiger partial charge is 0.513 e. The van der Waals surface area contributed by atoms with E-state index in [9.17, 15) is 24.3 Å². The lowest BCUT2D eigenvalue weighted by Crippen LogP contribution is -2.43. The predicted molar refractivity (Wildman–Crippen MR) is 112 cm³/mol. The fourth-order valence-corrected chi connectivity index (χ4v) is 2.38. The zero-order valence-electron chi connectivity index (χ0n) is 19.3. The van der Waals surface area contributed by atoms with Crippen LogP contribution in [0.5, 0.6) is 11.5 Å². The Labute approximate surface area is 191 Å². The van der Waals surface area contributed by atoms with E-state index in [1.54, 1.807) is 27.7 Å². The number of nitrogens with one attached hydrogen (secondary N) is 1. The topological polar surface area (TPSA) is 156 Å². The van der Waals surface area contributed by atoms with Gasteiger partial charge in [0.25, 0.3) is 0 Å². The van der Waals surface area contributed by atoms with Gasteiger partial charge in [-0.2, -0.15) is 0 Å². The van der Waals surface area contributed by atoms with Crippen LogP contribution in [0.3, 0.4) is 0 Å². The second-order valence-corrected chi connectivity index (χ2v) is 7.79. The first-order valence-electron chi connectivity index (χ1n) is 9.85. The SMILES string of the molecule is COC(=O)Oc1ccc(C[C@H](NCC(C)OC(=O)OC(C)(C)C)C(=O)O)cc1OC(=O)OC. The molecule has 1 aromatic rings. The van der Waals surface area contributed by atoms with Gasteiger partial charge in [0.1, 0.15) is 17.7 Å². The quantitative estimate of drug-likeness (QED) is 0.309. The Morgan fingerprint density at radius 2 is 1.55 bits per heavy atom. The minimum atomic E-state index is -1.16. The molecule has 12 heteroatoms. The minimum absolute atomic E-state index is 0.0330. The zero-order valence-corrected chi connectivity index (χ0v) is 19.3. The van der Waals surface area contributed by atoms with E-state index in [-0.39, 0.29) is 24.5 Å². The van der Waals surface area contributed by atoms with Crippen molar-refractivity contribution in [2.75, 3.05) is 20.8 Å². The molecule has 184 valence electrons. The van der Waals surface area contributed by atoms with E-state index in [4.69, 9.17) is 18.9 Å². The van der Waals surface area contributed by atoms with Gasteiger partial charge in [-0.1, -0.05) is 6.07 Å². The highest BCUT2D eigenvalue weighted by Gasteiger charge is 2.23. The number of benzene rings is 1. The zero-order chi connectivity index (χ0) is 25.2. The Morgan fingerprint density at radius 1 is 0.970 bits per heavy atom. The Bertz CT molecular complexity index is 847. The molecule has 0 saturated heterocycles. The van der Waals surface area contributed by atoms with Crippen LogP contribution in [0.1, 0.15) is 33.3 Å². The summed E-state index contributed by atoms with van der Waals surface area (Å²) >= 11 is 0. The van der Waals surface area contributed by atoms with Gasteiger partial charge < -0.3 is 38.8 Å². The highest BCUT2D eigenvalue weighted by atomic mass is 16.7. The smallest absolute Gasteiger partial charge is 0.480 e. The van der Waals surface area contributed by atoms with Crippen molar-refractivity contribution in [2.45, 2.75) is 51.9 Å². The molecule has 0 aliphatic heterocycles. The number of aliphatic carboxylic acids is 1. The normalized spacial score (nSPS) is 12.7. The molecule has 2 N–H and O–H groups in total. The van der Waals surface area contributed by atoms with Crippen molar-refractivity contribution in [3.63, 3.8) is 0 Å². The van der Waals surface area contributed by atoms with E-state index in [1.165, 1.54) is 18.2 Å². The number of carbonyl (C=O) groups excluding carboxylic acids is 3. The van der Waals surface area contributed by atoms with Crippen molar-refractivity contribution >= 4 is 24.4 Å². The van der Waals surface area contributed by atoms with Crippen molar-refractivity contribution in [1.29, 1.82) is 0 Å². The molecule has 1 unspecified atom stereocenters. The second-order valence-electron chi connectivity index (χ2n) is 7.79. The Morgan fingerprint density at radius 3 is 2.06 bits per heavy atom. The van der Waals surface area contributed by atoms with Gasteiger partial charge in [0.2, 0.25) is 0 Å². The Kier molecular flexibility index (Phi) is 10.4. The standard InChI is InChI=1S/C21H29NO11/c1-12(30-20(27)33-21(2,3)4)11-22-14(17(23)24)9-13-7-8-15(31-18(25)28-5)16(10-13)32-19(26)29-6/h7-8,10,12,14,22H,9,11H2,1-6H3,(H,23,24)/t12?,14-/m0/s1. The van der Waals surface area contributed by atoms with Crippen LogP contribution in [0, 0.1) is 0 Å². The molecule has 0 aliphatic rings. The van der Waals surface area contributed by atoms with Crippen LogP contribution in [0.2, 0.25) is 0 Å². The highest BCUT2D eigenvalue weighted by Crippen LogP contribution is 2.30. The Hall–Kier alpha value is -3.54. The summed E-state index contributed by atoms with van der Waals surface area (Å²) in [5.41, 5.74) is -0.284. The van der Waals surface area contributed by atoms with Crippen LogP contribution in [-0.2, 0) is 30.2 Å². The lowest BCUT2D eigenvalue weighted by Gasteiger charge is -2.22. The van der Waals surface area contributed by atoms with Gasteiger partial charge in [-0.05, 0) is 51.8 Å². The van der Waals surface area contributed by atoms with Crippen LogP contribution >= 0.6 is 0 Å². The molecule has 12 nitrogen and oxygen atoms in total. The summed E-state index contributed by atoms with van der Waals surface area (Å²) in [6.07, 6.45) is -3.68. The first-order chi connectivity index (χ1) is 15.3. The molecule has 0 spiro atoms. The number of ether oxygens (including phenoxy) is 6. The van der Waals surface area contributed by atoms with Gasteiger partial charge in [0.05, 0.1) is 14.2 Å². The monoisotopic (exact) mass is 471 g/mol. The number of rotatable bonds is 9. The number of hydrogen-bond donors (Lipinski definition) is 2. The van der Waals surface area contributed by atoms with E-state index >= 15 is 0 Å². The third-order valence-corrected chi connectivity index (χ3v) is 3.80. The summed E-state index contributed by atoms with van der Waals surface area (Å²) in [6.45, 7) is 6.69. The van der Waals surface area contributed by atoms with Gasteiger partial charge in [-0.25, -0.2) is 14.4 Å². The van der Waals surface area contributed by atoms with Gasteiger partial charge >= 0.3 is 24.4 Å². The van der Waals surface area contributed by atoms with E-state index in [2.05, 4.69) is 14.8 Å². The molecule has 0 saturated carbocycles. The van der Waals surface area contributed by atoms with E-state index < -0.39 is 42.2 Å². The average Bonchev–Trinajstić information content (AvgIpc) is 2.70. The van der Waals surface area contributed by atoms with Gasteiger partial charge in [-0.3, -0.25) is 4.79 Å². The fraction of sp³-hybridized carbons (Fsp3) is 0.524. The Balaban J connectivity index is 2.88. The summed E-state index contributed by atoms with van der Waals surface area (Å²) in [5, 5.41) is 12.3. The summed E-state index contributed by atoms with van der Waals surface area (Å²) in [5.74, 6) is -1.46. The van der Waals surface area contributed by atoms with Gasteiger partial charge in [-0.15, -0.1) is 0 Å². The maximum absolute atomic E-state index is 11.7. The minimum Gasteiger partial charge on any atom is -0.480 e. The van der Waals surface area contributed by atoms with Crippen LogP contribution in [0.25, 0.3) is 0 Å². The van der Waals surface area contributed by atoms with E-state index in [0.29, 0.717) is 5.56 Å². The molecule has 0 heterocycles. The number of methoxy groups -OCH3 is 2. The van der Waals surface area contributed by atoms with Crippen molar-refractivity contribution < 1.29 is 52.7 Å². The molecule has 1 rings (SSSR count). The number of carboxylic acids is 1. The molecule has 0 fully saturated rings. The third-order valence-electron chi connectivity index (χ3n) is 3.80. The summed E-state index contributed by atoms with van der Waals surface area (Å²) in [6, 6.07) is 3.05. The van der Waals surface area contributed by atoms with E-state index in [1.807, 2.05) is 0 Å². The maximum atomic E-state index is 11.7.